The van der Waals surface area contributed by atoms with Gasteiger partial charge in [0, 0.05) is 26.4 Å². The van der Waals surface area contributed by atoms with E-state index in [9.17, 15) is 14.9 Å². The van der Waals surface area contributed by atoms with Crippen LogP contribution < -0.4 is 4.74 Å². The molecule has 0 bridgehead atoms. The van der Waals surface area contributed by atoms with Crippen molar-refractivity contribution in [1.82, 2.24) is 9.88 Å². The highest BCUT2D eigenvalue weighted by Gasteiger charge is 2.32. The number of carbonyl (C=O) groups excluding carboxylic acids is 1. The fraction of sp³-hybridized carbons (Fsp3) is 0.455. The normalized spacial score (nSPS) is 14.1. The minimum Gasteiger partial charge on any atom is -0.483 e. The first kappa shape index (κ1) is 12.3. The molecule has 1 saturated carbocycles. The molecule has 0 N–H and O–H groups in total. The van der Waals surface area contributed by atoms with Gasteiger partial charge in [-0.1, -0.05) is 0 Å². The predicted octanol–water partition coefficient (Wildman–Crippen LogP) is 1.23. The molecule has 1 amide bonds. The number of aromatic nitrogens is 1. The number of ether oxygens (including phenoxy) is 1. The number of hydrogen-bond donors (Lipinski definition) is 0. The van der Waals surface area contributed by atoms with Gasteiger partial charge in [-0.15, -0.1) is 0 Å². The number of hydrogen-bond acceptors (Lipinski definition) is 5. The second kappa shape index (κ2) is 4.59. The van der Waals surface area contributed by atoms with Gasteiger partial charge in [0.25, 0.3) is 5.91 Å². The minimum absolute atomic E-state index is 0.0217. The van der Waals surface area contributed by atoms with Gasteiger partial charge in [-0.2, -0.15) is 0 Å². The molecule has 0 atom stereocenters. The Hall–Kier alpha value is -2.18. The summed E-state index contributed by atoms with van der Waals surface area (Å²) in [5.41, 5.74) is -0.550. The molecule has 1 aromatic heterocycles. The largest absolute Gasteiger partial charge is 0.483 e. The molecule has 1 fully saturated rings. The van der Waals surface area contributed by atoms with E-state index >= 15 is 0 Å². The van der Waals surface area contributed by atoms with Gasteiger partial charge in [0.05, 0.1) is 11.0 Å². The van der Waals surface area contributed by atoms with E-state index < -0.39 is 10.8 Å². The van der Waals surface area contributed by atoms with Crippen molar-refractivity contribution in [2.24, 2.45) is 0 Å². The second-order valence-electron chi connectivity index (χ2n) is 4.28. The standard InChI is InChI=1S/C11H13N3O4/c1-13(2)11(15)9-10(14(16)17)8(5-6-12-9)18-7-3-4-7/h5-7H,3-4H2,1-2H3. The Morgan fingerprint density at radius 3 is 2.72 bits per heavy atom. The first-order valence-corrected chi connectivity index (χ1v) is 5.52. The van der Waals surface area contributed by atoms with Crippen molar-refractivity contribution < 1.29 is 14.5 Å². The number of amides is 1. The average molecular weight is 251 g/mol. The third-order valence-electron chi connectivity index (χ3n) is 2.50. The summed E-state index contributed by atoms with van der Waals surface area (Å²) in [6, 6.07) is 1.42. The first-order chi connectivity index (χ1) is 8.50. The van der Waals surface area contributed by atoms with Crippen LogP contribution in [0.5, 0.6) is 5.75 Å². The topological polar surface area (TPSA) is 85.6 Å². The van der Waals surface area contributed by atoms with E-state index in [2.05, 4.69) is 4.98 Å². The van der Waals surface area contributed by atoms with Gasteiger partial charge in [-0.3, -0.25) is 14.9 Å². The zero-order valence-corrected chi connectivity index (χ0v) is 10.1. The van der Waals surface area contributed by atoms with Crippen molar-refractivity contribution >= 4 is 11.6 Å². The van der Waals surface area contributed by atoms with Crippen LogP contribution in [0.1, 0.15) is 23.3 Å². The van der Waals surface area contributed by atoms with Gasteiger partial charge in [0.2, 0.25) is 11.4 Å². The van der Waals surface area contributed by atoms with E-state index in [1.165, 1.54) is 31.3 Å². The highest BCUT2D eigenvalue weighted by Crippen LogP contribution is 2.34. The van der Waals surface area contributed by atoms with E-state index in [1.54, 1.807) is 0 Å². The summed E-state index contributed by atoms with van der Waals surface area (Å²) in [5, 5.41) is 11.1. The molecular formula is C11H13N3O4. The van der Waals surface area contributed by atoms with Crippen LogP contribution >= 0.6 is 0 Å². The van der Waals surface area contributed by atoms with Gasteiger partial charge >= 0.3 is 5.69 Å². The number of nitro groups is 1. The molecule has 7 heteroatoms. The third kappa shape index (κ3) is 2.39. The number of carbonyl (C=O) groups is 1. The monoisotopic (exact) mass is 251 g/mol. The van der Waals surface area contributed by atoms with Crippen molar-refractivity contribution in [2.75, 3.05) is 14.1 Å². The van der Waals surface area contributed by atoms with Crippen LogP contribution in [0, 0.1) is 10.1 Å². The summed E-state index contributed by atoms with van der Waals surface area (Å²) >= 11 is 0. The van der Waals surface area contributed by atoms with Crippen molar-refractivity contribution in [1.29, 1.82) is 0 Å². The van der Waals surface area contributed by atoms with Gasteiger partial charge in [-0.05, 0) is 12.8 Å². The van der Waals surface area contributed by atoms with Gasteiger partial charge in [0.1, 0.15) is 0 Å². The summed E-state index contributed by atoms with van der Waals surface area (Å²) in [4.78, 5) is 27.3. The third-order valence-corrected chi connectivity index (χ3v) is 2.50. The van der Waals surface area contributed by atoms with Crippen molar-refractivity contribution in [2.45, 2.75) is 18.9 Å². The lowest BCUT2D eigenvalue weighted by Crippen LogP contribution is -2.24. The van der Waals surface area contributed by atoms with Crippen LogP contribution in [0.4, 0.5) is 5.69 Å². The van der Waals surface area contributed by atoms with Crippen LogP contribution in [0.3, 0.4) is 0 Å². The highest BCUT2D eigenvalue weighted by atomic mass is 16.6. The molecular weight excluding hydrogens is 238 g/mol. The Kier molecular flexibility index (Phi) is 3.14. The molecule has 0 radical (unpaired) electrons. The minimum atomic E-state index is -0.624. The molecule has 1 aliphatic rings. The van der Waals surface area contributed by atoms with E-state index in [-0.39, 0.29) is 23.2 Å². The maximum absolute atomic E-state index is 11.8. The van der Waals surface area contributed by atoms with Gasteiger partial charge in [-0.25, -0.2) is 4.98 Å². The molecule has 0 aliphatic heterocycles. The quantitative estimate of drug-likeness (QED) is 0.593. The van der Waals surface area contributed by atoms with E-state index in [0.717, 1.165) is 12.8 Å². The number of nitrogens with zero attached hydrogens (tertiary/aromatic N) is 3. The predicted molar refractivity (Wildman–Crippen MR) is 62.6 cm³/mol. The number of pyridine rings is 1. The summed E-state index contributed by atoms with van der Waals surface area (Å²) in [6.45, 7) is 0. The van der Waals surface area contributed by atoms with E-state index in [1.807, 2.05) is 0 Å². The second-order valence-corrected chi connectivity index (χ2v) is 4.28. The van der Waals surface area contributed by atoms with E-state index in [0.29, 0.717) is 0 Å². The van der Waals surface area contributed by atoms with Crippen molar-refractivity contribution in [3.63, 3.8) is 0 Å². The molecule has 0 aromatic carbocycles. The molecule has 1 heterocycles. The van der Waals surface area contributed by atoms with Crippen LogP contribution in [0.15, 0.2) is 12.3 Å². The lowest BCUT2D eigenvalue weighted by Gasteiger charge is -2.11. The molecule has 96 valence electrons. The molecule has 1 aromatic rings. The Labute approximate surface area is 104 Å². The lowest BCUT2D eigenvalue weighted by atomic mass is 10.2. The molecule has 1 aliphatic carbocycles. The maximum atomic E-state index is 11.8. The molecule has 0 spiro atoms. The first-order valence-electron chi connectivity index (χ1n) is 5.52. The fourth-order valence-corrected chi connectivity index (χ4v) is 1.44. The Morgan fingerprint density at radius 1 is 1.56 bits per heavy atom. The molecule has 18 heavy (non-hydrogen) atoms. The van der Waals surface area contributed by atoms with Crippen LogP contribution in [0.25, 0.3) is 0 Å². The van der Waals surface area contributed by atoms with Gasteiger partial charge < -0.3 is 9.64 Å². The van der Waals surface area contributed by atoms with Gasteiger partial charge in [0.15, 0.2) is 0 Å². The van der Waals surface area contributed by atoms with Crippen molar-refractivity contribution in [3.05, 3.63) is 28.1 Å². The lowest BCUT2D eigenvalue weighted by molar-refractivity contribution is -0.386. The average Bonchev–Trinajstić information content (AvgIpc) is 3.11. The summed E-state index contributed by atoms with van der Waals surface area (Å²) in [6.07, 6.45) is 3.14. The highest BCUT2D eigenvalue weighted by molar-refractivity contribution is 5.96. The van der Waals surface area contributed by atoms with E-state index in [4.69, 9.17) is 4.74 Å². The zero-order chi connectivity index (χ0) is 13.3. The fourth-order valence-electron chi connectivity index (χ4n) is 1.44. The van der Waals surface area contributed by atoms with Crippen LogP contribution in [-0.2, 0) is 0 Å². The zero-order valence-electron chi connectivity index (χ0n) is 10.1. The van der Waals surface area contributed by atoms with Crippen molar-refractivity contribution in [3.8, 4) is 5.75 Å². The van der Waals surface area contributed by atoms with Crippen LogP contribution in [-0.4, -0.2) is 40.9 Å². The molecule has 0 unspecified atom stereocenters. The smallest absolute Gasteiger partial charge is 0.342 e. The summed E-state index contributed by atoms with van der Waals surface area (Å²) in [5.74, 6) is -0.398. The molecule has 7 nitrogen and oxygen atoms in total. The molecule has 0 saturated heterocycles. The SMILES string of the molecule is CN(C)C(=O)c1nccc(OC2CC2)c1[N+](=O)[O-]. The Morgan fingerprint density at radius 2 is 2.22 bits per heavy atom. The maximum Gasteiger partial charge on any atom is 0.342 e. The molecule has 2 rings (SSSR count). The summed E-state index contributed by atoms with van der Waals surface area (Å²) < 4.78 is 5.44. The number of rotatable bonds is 4. The Balaban J connectivity index is 2.44. The summed E-state index contributed by atoms with van der Waals surface area (Å²) in [7, 11) is 3.03. The van der Waals surface area contributed by atoms with Crippen LogP contribution in [0.2, 0.25) is 0 Å². The Bertz CT molecular complexity index is 497.